The van der Waals surface area contributed by atoms with E-state index >= 15 is 0 Å². The molecule has 2 heterocycles. The highest BCUT2D eigenvalue weighted by Crippen LogP contribution is 2.55. The molecule has 0 amide bonds. The van der Waals surface area contributed by atoms with Crippen molar-refractivity contribution in [3.8, 4) is 5.75 Å². The van der Waals surface area contributed by atoms with Gasteiger partial charge in [0.15, 0.2) is 12.1 Å². The van der Waals surface area contributed by atoms with Crippen LogP contribution < -0.4 is 4.74 Å². The minimum atomic E-state index is -1.32. The first kappa shape index (κ1) is 22.1. The summed E-state index contributed by atoms with van der Waals surface area (Å²) in [6.45, 7) is 12.5. The van der Waals surface area contributed by atoms with Crippen LogP contribution in [0.2, 0.25) is 0 Å². The predicted molar refractivity (Wildman–Crippen MR) is 115 cm³/mol. The topological polar surface area (TPSA) is 68.2 Å². The number of ether oxygens (including phenoxy) is 3. The molecule has 168 valence electrons. The van der Waals surface area contributed by atoms with Crippen LogP contribution in [-0.2, 0) is 14.9 Å². The highest BCUT2D eigenvalue weighted by Gasteiger charge is 2.63. The Morgan fingerprint density at radius 3 is 2.30 bits per heavy atom. The van der Waals surface area contributed by atoms with Crippen LogP contribution in [-0.4, -0.2) is 34.2 Å². The Balaban J connectivity index is 1.60. The Bertz CT molecular complexity index is 752. The molecule has 2 saturated heterocycles. The number of benzene rings is 1. The standard InChI is InChI=1S/C25H38O5/c1-15-7-12-20-16(2)21(28-18-10-8-17(9-11-18)23(3,4)5)29-22-25(20,27)19(15)13-14-24(6,26)30-22/h8-11,15-16,19-22,26-27H,7,12-14H2,1-6H3. The van der Waals surface area contributed by atoms with Crippen LogP contribution in [0.15, 0.2) is 24.3 Å². The van der Waals surface area contributed by atoms with Gasteiger partial charge in [0.25, 0.3) is 0 Å². The fourth-order valence-corrected chi connectivity index (χ4v) is 5.84. The molecule has 8 atom stereocenters. The molecular formula is C25H38O5. The number of hydrogen-bond donors (Lipinski definition) is 2. The van der Waals surface area contributed by atoms with E-state index in [1.54, 1.807) is 6.92 Å². The largest absolute Gasteiger partial charge is 0.465 e. The molecule has 1 aromatic rings. The third kappa shape index (κ3) is 3.79. The lowest BCUT2D eigenvalue weighted by Crippen LogP contribution is -2.67. The molecule has 3 fully saturated rings. The molecule has 0 bridgehead atoms. The quantitative estimate of drug-likeness (QED) is 0.735. The number of hydrogen-bond acceptors (Lipinski definition) is 5. The van der Waals surface area contributed by atoms with Crippen LogP contribution in [0.25, 0.3) is 0 Å². The summed E-state index contributed by atoms with van der Waals surface area (Å²) in [6, 6.07) is 8.13. The summed E-state index contributed by atoms with van der Waals surface area (Å²) in [5.74, 6) is -0.150. The molecule has 2 N–H and O–H groups in total. The summed E-state index contributed by atoms with van der Waals surface area (Å²) < 4.78 is 18.5. The van der Waals surface area contributed by atoms with Gasteiger partial charge in [-0.1, -0.05) is 46.8 Å². The third-order valence-electron chi connectivity index (χ3n) is 7.76. The van der Waals surface area contributed by atoms with Gasteiger partial charge in [0.05, 0.1) is 0 Å². The average Bonchev–Trinajstić information content (AvgIpc) is 2.74. The Hall–Kier alpha value is -1.14. The minimum absolute atomic E-state index is 0.00481. The zero-order valence-corrected chi connectivity index (χ0v) is 19.2. The van der Waals surface area contributed by atoms with Crippen molar-refractivity contribution in [1.82, 2.24) is 0 Å². The van der Waals surface area contributed by atoms with Crippen molar-refractivity contribution in [3.63, 3.8) is 0 Å². The highest BCUT2D eigenvalue weighted by atomic mass is 16.8. The van der Waals surface area contributed by atoms with E-state index in [4.69, 9.17) is 14.2 Å². The molecule has 1 aliphatic carbocycles. The molecule has 5 heteroatoms. The second-order valence-electron chi connectivity index (χ2n) is 11.1. The van der Waals surface area contributed by atoms with Crippen LogP contribution in [0.3, 0.4) is 0 Å². The van der Waals surface area contributed by atoms with Crippen LogP contribution in [0.5, 0.6) is 5.75 Å². The van der Waals surface area contributed by atoms with Gasteiger partial charge in [-0.25, -0.2) is 0 Å². The molecular weight excluding hydrogens is 380 g/mol. The molecule has 0 aromatic heterocycles. The molecule has 1 aromatic carbocycles. The minimum Gasteiger partial charge on any atom is -0.465 e. The van der Waals surface area contributed by atoms with Crippen molar-refractivity contribution < 1.29 is 24.4 Å². The zero-order chi connectivity index (χ0) is 21.9. The normalized spacial score (nSPS) is 44.1. The van der Waals surface area contributed by atoms with E-state index in [9.17, 15) is 10.2 Å². The molecule has 8 unspecified atom stereocenters. The number of rotatable bonds is 2. The van der Waals surface area contributed by atoms with Gasteiger partial charge in [-0.05, 0) is 61.1 Å². The maximum atomic E-state index is 11.9. The Morgan fingerprint density at radius 2 is 1.67 bits per heavy atom. The summed E-state index contributed by atoms with van der Waals surface area (Å²) >= 11 is 0. The maximum Gasteiger partial charge on any atom is 0.205 e. The average molecular weight is 419 g/mol. The summed E-state index contributed by atoms with van der Waals surface area (Å²) in [6.07, 6.45) is 1.75. The van der Waals surface area contributed by atoms with Gasteiger partial charge in [-0.3, -0.25) is 0 Å². The van der Waals surface area contributed by atoms with Gasteiger partial charge in [0.1, 0.15) is 11.4 Å². The number of aliphatic hydroxyl groups is 2. The highest BCUT2D eigenvalue weighted by molar-refractivity contribution is 5.31. The Morgan fingerprint density at radius 1 is 1.00 bits per heavy atom. The van der Waals surface area contributed by atoms with Crippen molar-refractivity contribution in [3.05, 3.63) is 29.8 Å². The lowest BCUT2D eigenvalue weighted by atomic mass is 9.58. The van der Waals surface area contributed by atoms with Gasteiger partial charge >= 0.3 is 0 Å². The van der Waals surface area contributed by atoms with Crippen molar-refractivity contribution in [2.45, 2.75) is 96.6 Å². The molecule has 1 saturated carbocycles. The van der Waals surface area contributed by atoms with Gasteiger partial charge in [0, 0.05) is 18.3 Å². The molecule has 5 nitrogen and oxygen atoms in total. The third-order valence-corrected chi connectivity index (χ3v) is 7.76. The second-order valence-corrected chi connectivity index (χ2v) is 11.1. The van der Waals surface area contributed by atoms with E-state index in [0.717, 1.165) is 25.0 Å². The molecule has 2 aliphatic heterocycles. The van der Waals surface area contributed by atoms with Crippen LogP contribution in [0.1, 0.15) is 72.8 Å². The van der Waals surface area contributed by atoms with E-state index in [0.29, 0.717) is 12.3 Å². The van der Waals surface area contributed by atoms with E-state index < -0.39 is 24.0 Å². The molecule has 3 aliphatic rings. The molecule has 4 rings (SSSR count). The molecule has 0 radical (unpaired) electrons. The lowest BCUT2D eigenvalue weighted by Gasteiger charge is -2.57. The first-order valence-electron chi connectivity index (χ1n) is 11.5. The van der Waals surface area contributed by atoms with Crippen molar-refractivity contribution in [1.29, 1.82) is 0 Å². The SMILES string of the molecule is CC1CCC2C(C)C(Oc3ccc(C(C)(C)C)cc3)OC3OC(C)(O)CCC1C32O. The Labute approximate surface area is 180 Å². The van der Waals surface area contributed by atoms with Gasteiger partial charge in [-0.15, -0.1) is 0 Å². The van der Waals surface area contributed by atoms with E-state index in [1.807, 2.05) is 12.1 Å². The predicted octanol–water partition coefficient (Wildman–Crippen LogP) is 4.59. The molecule has 0 spiro atoms. The van der Waals surface area contributed by atoms with E-state index in [2.05, 4.69) is 46.8 Å². The van der Waals surface area contributed by atoms with E-state index in [1.165, 1.54) is 5.56 Å². The smallest absolute Gasteiger partial charge is 0.205 e. The van der Waals surface area contributed by atoms with Crippen LogP contribution >= 0.6 is 0 Å². The first-order valence-corrected chi connectivity index (χ1v) is 11.5. The lowest BCUT2D eigenvalue weighted by molar-refractivity contribution is -0.398. The van der Waals surface area contributed by atoms with Crippen LogP contribution in [0.4, 0.5) is 0 Å². The fraction of sp³-hybridized carbons (Fsp3) is 0.760. The van der Waals surface area contributed by atoms with Crippen molar-refractivity contribution >= 4 is 0 Å². The van der Waals surface area contributed by atoms with Crippen molar-refractivity contribution in [2.75, 3.05) is 0 Å². The van der Waals surface area contributed by atoms with E-state index in [-0.39, 0.29) is 23.2 Å². The summed E-state index contributed by atoms with van der Waals surface area (Å²) in [4.78, 5) is 0. The summed E-state index contributed by atoms with van der Waals surface area (Å²) in [7, 11) is 0. The summed E-state index contributed by atoms with van der Waals surface area (Å²) in [5, 5.41) is 22.6. The maximum absolute atomic E-state index is 11.9. The van der Waals surface area contributed by atoms with Crippen LogP contribution in [0, 0.1) is 23.7 Å². The second kappa shape index (κ2) is 7.47. The Kier molecular flexibility index (Phi) is 5.50. The monoisotopic (exact) mass is 418 g/mol. The van der Waals surface area contributed by atoms with Gasteiger partial charge in [-0.2, -0.15) is 0 Å². The van der Waals surface area contributed by atoms with Gasteiger partial charge in [0.2, 0.25) is 6.29 Å². The zero-order valence-electron chi connectivity index (χ0n) is 19.2. The summed E-state index contributed by atoms with van der Waals surface area (Å²) in [5.41, 5.74) is 0.221. The first-order chi connectivity index (χ1) is 13.9. The fourth-order valence-electron chi connectivity index (χ4n) is 5.84. The molecule has 30 heavy (non-hydrogen) atoms. The van der Waals surface area contributed by atoms with Gasteiger partial charge < -0.3 is 24.4 Å². The van der Waals surface area contributed by atoms with Crippen molar-refractivity contribution in [2.24, 2.45) is 23.7 Å².